The summed E-state index contributed by atoms with van der Waals surface area (Å²) in [7, 11) is 0. The molecule has 1 aromatic carbocycles. The molecule has 1 heterocycles. The number of carbonyl (C=O) groups is 1. The van der Waals surface area contributed by atoms with Gasteiger partial charge in [0.15, 0.2) is 0 Å². The molecule has 128 valence electrons. The maximum atomic E-state index is 11.7. The summed E-state index contributed by atoms with van der Waals surface area (Å²) in [5, 5.41) is 2.73. The second-order valence-electron chi connectivity index (χ2n) is 5.14. The van der Waals surface area contributed by atoms with Gasteiger partial charge in [0.2, 0.25) is 11.8 Å². The lowest BCUT2D eigenvalue weighted by molar-refractivity contribution is -0.111. The van der Waals surface area contributed by atoms with Crippen LogP contribution in [0.3, 0.4) is 0 Å². The number of ether oxygens (including phenoxy) is 2. The summed E-state index contributed by atoms with van der Waals surface area (Å²) >= 11 is 0. The van der Waals surface area contributed by atoms with Gasteiger partial charge in [0, 0.05) is 18.0 Å². The Kier molecular flexibility index (Phi) is 6.57. The highest BCUT2D eigenvalue weighted by molar-refractivity contribution is 5.99. The number of terminal acetylenes is 1. The highest BCUT2D eigenvalue weighted by Crippen LogP contribution is 2.26. The van der Waals surface area contributed by atoms with Gasteiger partial charge in [0.25, 0.3) is 0 Å². The molecule has 0 spiro atoms. The molecule has 2 aromatic rings. The number of rotatable bonds is 7. The smallest absolute Gasteiger partial charge is 0.248 e. The Morgan fingerprint density at radius 3 is 2.84 bits per heavy atom. The number of nitrogens with two attached hydrogens (primary N) is 1. The molecule has 0 aliphatic heterocycles. The molecular formula is C19H19N3O3. The predicted octanol–water partition coefficient (Wildman–Crippen LogP) is 2.91. The zero-order valence-corrected chi connectivity index (χ0v) is 13.9. The van der Waals surface area contributed by atoms with Crippen LogP contribution in [0.25, 0.3) is 0 Å². The van der Waals surface area contributed by atoms with Gasteiger partial charge < -0.3 is 20.5 Å². The lowest BCUT2D eigenvalue weighted by Gasteiger charge is -2.08. The Hall–Kier alpha value is -3.30. The third-order valence-corrected chi connectivity index (χ3v) is 3.02. The van der Waals surface area contributed by atoms with Gasteiger partial charge in [-0.2, -0.15) is 0 Å². The van der Waals surface area contributed by atoms with E-state index in [0.29, 0.717) is 23.0 Å². The van der Waals surface area contributed by atoms with E-state index >= 15 is 0 Å². The third kappa shape index (κ3) is 6.01. The van der Waals surface area contributed by atoms with Crippen molar-refractivity contribution in [2.75, 3.05) is 24.3 Å². The number of aryl methyl sites for hydroxylation is 1. The van der Waals surface area contributed by atoms with Crippen molar-refractivity contribution in [2.24, 2.45) is 0 Å². The van der Waals surface area contributed by atoms with E-state index in [4.69, 9.17) is 21.6 Å². The van der Waals surface area contributed by atoms with Crippen LogP contribution in [-0.4, -0.2) is 24.1 Å². The molecule has 25 heavy (non-hydrogen) atoms. The molecule has 2 rings (SSSR count). The van der Waals surface area contributed by atoms with Gasteiger partial charge in [-0.15, -0.1) is 6.42 Å². The molecule has 3 N–H and O–H groups in total. The van der Waals surface area contributed by atoms with Gasteiger partial charge in [-0.1, -0.05) is 12.0 Å². The van der Waals surface area contributed by atoms with Crippen LogP contribution in [0.5, 0.6) is 11.6 Å². The van der Waals surface area contributed by atoms with Crippen molar-refractivity contribution in [1.82, 2.24) is 4.98 Å². The van der Waals surface area contributed by atoms with Crippen molar-refractivity contribution >= 4 is 17.3 Å². The Morgan fingerprint density at radius 1 is 1.40 bits per heavy atom. The average Bonchev–Trinajstić information content (AvgIpc) is 2.59. The highest BCUT2D eigenvalue weighted by atomic mass is 16.5. The number of anilines is 2. The minimum absolute atomic E-state index is 0.216. The monoisotopic (exact) mass is 337 g/mol. The van der Waals surface area contributed by atoms with Crippen molar-refractivity contribution in [2.45, 2.75) is 6.92 Å². The molecule has 0 saturated heterocycles. The minimum atomic E-state index is -0.262. The van der Waals surface area contributed by atoms with Crippen LogP contribution in [0, 0.1) is 19.3 Å². The number of aromatic nitrogens is 1. The average molecular weight is 337 g/mol. The number of hydrogen-bond acceptors (Lipinski definition) is 5. The quantitative estimate of drug-likeness (QED) is 0.461. The van der Waals surface area contributed by atoms with Crippen molar-refractivity contribution in [3.05, 3.63) is 54.2 Å². The van der Waals surface area contributed by atoms with Crippen LogP contribution in [0.15, 0.2) is 48.7 Å². The van der Waals surface area contributed by atoms with E-state index in [1.165, 1.54) is 6.08 Å². The first-order chi connectivity index (χ1) is 12.1. The van der Waals surface area contributed by atoms with Gasteiger partial charge >= 0.3 is 0 Å². The number of nitrogen functional groups attached to an aromatic ring is 1. The molecule has 0 aliphatic rings. The van der Waals surface area contributed by atoms with Crippen molar-refractivity contribution in [3.63, 3.8) is 0 Å². The molecule has 0 unspecified atom stereocenters. The normalized spacial score (nSPS) is 10.4. The van der Waals surface area contributed by atoms with E-state index in [1.54, 1.807) is 42.6 Å². The van der Waals surface area contributed by atoms with E-state index in [1.807, 2.05) is 6.92 Å². The Balaban J connectivity index is 1.89. The number of nitrogens with one attached hydrogen (secondary N) is 1. The molecule has 1 amide bonds. The van der Waals surface area contributed by atoms with Crippen molar-refractivity contribution in [3.8, 4) is 24.0 Å². The van der Waals surface area contributed by atoms with Gasteiger partial charge in [-0.3, -0.25) is 4.79 Å². The number of carbonyl (C=O) groups excluding carboxylic acids is 1. The van der Waals surface area contributed by atoms with Crippen LogP contribution in [0.4, 0.5) is 11.4 Å². The van der Waals surface area contributed by atoms with Crippen molar-refractivity contribution < 1.29 is 14.3 Å². The molecule has 6 heteroatoms. The van der Waals surface area contributed by atoms with Crippen LogP contribution < -0.4 is 15.8 Å². The maximum absolute atomic E-state index is 11.7. The molecule has 0 aliphatic carbocycles. The molecule has 0 saturated carbocycles. The van der Waals surface area contributed by atoms with Gasteiger partial charge in [0.05, 0.1) is 12.3 Å². The number of amides is 1. The van der Waals surface area contributed by atoms with E-state index in [2.05, 4.69) is 16.2 Å². The van der Waals surface area contributed by atoms with E-state index < -0.39 is 0 Å². The van der Waals surface area contributed by atoms with E-state index in [0.717, 1.165) is 5.56 Å². The summed E-state index contributed by atoms with van der Waals surface area (Å²) in [4.78, 5) is 15.9. The Bertz CT molecular complexity index is 793. The predicted molar refractivity (Wildman–Crippen MR) is 97.3 cm³/mol. The van der Waals surface area contributed by atoms with Crippen LogP contribution in [0.2, 0.25) is 0 Å². The molecule has 0 atom stereocenters. The first-order valence-corrected chi connectivity index (χ1v) is 7.57. The lowest BCUT2D eigenvalue weighted by atomic mass is 10.3. The molecule has 1 aromatic heterocycles. The largest absolute Gasteiger partial charge is 0.437 e. The zero-order chi connectivity index (χ0) is 18.1. The number of nitrogens with zero attached hydrogens (tertiary/aromatic N) is 1. The van der Waals surface area contributed by atoms with Crippen LogP contribution in [0.1, 0.15) is 5.56 Å². The molecule has 0 fully saturated rings. The standard InChI is InChI=1S/C19H19N3O3/c1-3-10-24-11-4-5-18(23)22-15-6-8-16(9-7-15)25-19-17(20)12-14(2)13-21-19/h1,4-9,12-13H,10-11,20H2,2H3,(H,22,23)/b5-4+. The summed E-state index contributed by atoms with van der Waals surface area (Å²) in [6, 6.07) is 8.67. The second-order valence-corrected chi connectivity index (χ2v) is 5.14. The fourth-order valence-electron chi connectivity index (χ4n) is 1.91. The summed E-state index contributed by atoms with van der Waals surface area (Å²) in [5.74, 6) is 3.00. The third-order valence-electron chi connectivity index (χ3n) is 3.02. The summed E-state index contributed by atoms with van der Waals surface area (Å²) < 4.78 is 10.7. The summed E-state index contributed by atoms with van der Waals surface area (Å²) in [5.41, 5.74) is 7.93. The summed E-state index contributed by atoms with van der Waals surface area (Å²) in [6.45, 7) is 2.41. The van der Waals surface area contributed by atoms with Gasteiger partial charge in [-0.05, 0) is 42.8 Å². The second kappa shape index (κ2) is 9.11. The number of pyridine rings is 1. The first kappa shape index (κ1) is 18.0. The fraction of sp³-hybridized carbons (Fsp3) is 0.158. The summed E-state index contributed by atoms with van der Waals surface area (Å²) in [6.07, 6.45) is 9.71. The first-order valence-electron chi connectivity index (χ1n) is 7.57. The van der Waals surface area contributed by atoms with Crippen LogP contribution in [-0.2, 0) is 9.53 Å². The Labute approximate surface area is 146 Å². The lowest BCUT2D eigenvalue weighted by Crippen LogP contribution is -2.08. The molecule has 0 radical (unpaired) electrons. The molecular weight excluding hydrogens is 318 g/mol. The SMILES string of the molecule is C#CCOC/C=C/C(=O)Nc1ccc(Oc2ncc(C)cc2N)cc1. The Morgan fingerprint density at radius 2 is 2.16 bits per heavy atom. The topological polar surface area (TPSA) is 86.5 Å². The molecule has 6 nitrogen and oxygen atoms in total. The van der Waals surface area contributed by atoms with E-state index in [-0.39, 0.29) is 19.1 Å². The number of benzene rings is 1. The van der Waals surface area contributed by atoms with Crippen LogP contribution >= 0.6 is 0 Å². The van der Waals surface area contributed by atoms with Gasteiger partial charge in [0.1, 0.15) is 12.4 Å². The van der Waals surface area contributed by atoms with Crippen molar-refractivity contribution in [1.29, 1.82) is 0 Å². The fourth-order valence-corrected chi connectivity index (χ4v) is 1.91. The maximum Gasteiger partial charge on any atom is 0.248 e. The highest BCUT2D eigenvalue weighted by Gasteiger charge is 2.05. The zero-order valence-electron chi connectivity index (χ0n) is 13.9. The van der Waals surface area contributed by atoms with E-state index in [9.17, 15) is 4.79 Å². The molecule has 0 bridgehead atoms. The minimum Gasteiger partial charge on any atom is -0.437 e. The van der Waals surface area contributed by atoms with Gasteiger partial charge in [-0.25, -0.2) is 4.98 Å². The number of hydrogen-bond donors (Lipinski definition) is 2.